The van der Waals surface area contributed by atoms with Crippen LogP contribution < -0.4 is 0 Å². The summed E-state index contributed by atoms with van der Waals surface area (Å²) >= 11 is 0. The molecule has 2 N–H and O–H groups in total. The van der Waals surface area contributed by atoms with Gasteiger partial charge < -0.3 is 34.1 Å². The second-order valence-electron chi connectivity index (χ2n) is 11.9. The molecule has 0 amide bonds. The number of carbonyl (C=O) groups is 3. The highest BCUT2D eigenvalue weighted by atomic mass is 16.7. The number of aliphatic hydroxyl groups is 2. The number of nitrogens with zero attached hydrogens (tertiary/aromatic N) is 1. The van der Waals surface area contributed by atoms with Crippen molar-refractivity contribution in [3.8, 4) is 0 Å². The Balaban J connectivity index is 2.43. The molecule has 0 bridgehead atoms. The largest absolute Gasteiger partial charge is 0.462 e. The summed E-state index contributed by atoms with van der Waals surface area (Å²) in [7, 11) is 3.81. The number of rotatable bonds is 7. The summed E-state index contributed by atoms with van der Waals surface area (Å²) in [4.78, 5) is 39.7. The Morgan fingerprint density at radius 2 is 1.85 bits per heavy atom. The van der Waals surface area contributed by atoms with Crippen LogP contribution in [0.4, 0.5) is 0 Å². The van der Waals surface area contributed by atoms with Gasteiger partial charge in [-0.1, -0.05) is 38.5 Å². The molecular formula is C31H51NO8. The summed E-state index contributed by atoms with van der Waals surface area (Å²) in [6, 6.07) is -0.165. The van der Waals surface area contributed by atoms with E-state index in [0.717, 1.165) is 11.9 Å². The molecule has 228 valence electrons. The number of ketones is 1. The van der Waals surface area contributed by atoms with Crippen molar-refractivity contribution < 1.29 is 38.8 Å². The molecular weight excluding hydrogens is 514 g/mol. The lowest BCUT2D eigenvalue weighted by Crippen LogP contribution is -2.55. The number of aldehydes is 1. The van der Waals surface area contributed by atoms with E-state index in [1.807, 2.05) is 59.7 Å². The molecule has 2 aliphatic heterocycles. The molecule has 4 unspecified atom stereocenters. The molecule has 9 heteroatoms. The lowest BCUT2D eigenvalue weighted by atomic mass is 9.80. The van der Waals surface area contributed by atoms with Crippen LogP contribution in [0, 0.1) is 23.7 Å². The van der Waals surface area contributed by atoms with Gasteiger partial charge in [-0.15, -0.1) is 0 Å². The fraction of sp³-hybridized carbons (Fsp3) is 0.774. The Morgan fingerprint density at radius 1 is 1.15 bits per heavy atom. The van der Waals surface area contributed by atoms with Crippen LogP contribution in [0.1, 0.15) is 73.1 Å². The zero-order chi connectivity index (χ0) is 30.0. The summed E-state index contributed by atoms with van der Waals surface area (Å²) in [5, 5.41) is 21.1. The third-order valence-electron chi connectivity index (χ3n) is 8.30. The van der Waals surface area contributed by atoms with Crippen molar-refractivity contribution in [1.29, 1.82) is 0 Å². The van der Waals surface area contributed by atoms with Crippen molar-refractivity contribution in [3.63, 3.8) is 0 Å². The van der Waals surface area contributed by atoms with Crippen LogP contribution in [0.3, 0.4) is 0 Å². The van der Waals surface area contributed by atoms with Gasteiger partial charge in [-0.25, -0.2) is 0 Å². The van der Waals surface area contributed by atoms with E-state index in [1.165, 1.54) is 6.08 Å². The molecule has 2 rings (SSSR count). The summed E-state index contributed by atoms with van der Waals surface area (Å²) < 4.78 is 18.3. The number of aliphatic hydroxyl groups excluding tert-OH is 2. The first-order valence-electron chi connectivity index (χ1n) is 14.7. The quantitative estimate of drug-likeness (QED) is 0.353. The van der Waals surface area contributed by atoms with Gasteiger partial charge in [0.1, 0.15) is 18.5 Å². The number of allylic oxidation sites excluding steroid dienone is 3. The number of carbonyl (C=O) groups excluding carboxylic acids is 3. The lowest BCUT2D eigenvalue weighted by Gasteiger charge is -2.44. The van der Waals surface area contributed by atoms with Crippen molar-refractivity contribution in [2.24, 2.45) is 23.7 Å². The Labute approximate surface area is 239 Å². The van der Waals surface area contributed by atoms with Crippen LogP contribution >= 0.6 is 0 Å². The zero-order valence-electron chi connectivity index (χ0n) is 25.3. The van der Waals surface area contributed by atoms with Gasteiger partial charge in [0.2, 0.25) is 0 Å². The fourth-order valence-electron chi connectivity index (χ4n) is 5.84. The predicted molar refractivity (Wildman–Crippen MR) is 152 cm³/mol. The smallest absolute Gasteiger partial charge is 0.306 e. The molecule has 9 nitrogen and oxygen atoms in total. The number of likely N-dealkylation sites (N-methyl/N-ethyl adjacent to an activating group) is 1. The molecule has 1 fully saturated rings. The van der Waals surface area contributed by atoms with Crippen LogP contribution in [0.25, 0.3) is 0 Å². The topological polar surface area (TPSA) is 123 Å². The molecule has 40 heavy (non-hydrogen) atoms. The minimum atomic E-state index is -0.913. The van der Waals surface area contributed by atoms with Crippen LogP contribution in [-0.4, -0.2) is 90.6 Å². The van der Waals surface area contributed by atoms with Gasteiger partial charge in [0.25, 0.3) is 0 Å². The summed E-state index contributed by atoms with van der Waals surface area (Å²) in [6.07, 6.45) is 5.21. The second kappa shape index (κ2) is 16.5. The number of hydrogen-bond donors (Lipinski definition) is 2. The van der Waals surface area contributed by atoms with E-state index in [0.29, 0.717) is 25.7 Å². The van der Waals surface area contributed by atoms with E-state index in [9.17, 15) is 24.6 Å². The first kappa shape index (κ1) is 34.3. The van der Waals surface area contributed by atoms with Gasteiger partial charge in [-0.05, 0) is 71.5 Å². The van der Waals surface area contributed by atoms with Crippen LogP contribution in [0.2, 0.25) is 0 Å². The summed E-state index contributed by atoms with van der Waals surface area (Å²) in [5.74, 6) is -1.74. The maximum atomic E-state index is 13.1. The summed E-state index contributed by atoms with van der Waals surface area (Å²) in [5.41, 5.74) is 0.786. The Morgan fingerprint density at radius 3 is 2.45 bits per heavy atom. The first-order valence-corrected chi connectivity index (χ1v) is 14.7. The van der Waals surface area contributed by atoms with Gasteiger partial charge in [0, 0.05) is 30.7 Å². The van der Waals surface area contributed by atoms with Crippen LogP contribution in [-0.2, 0) is 28.6 Å². The average Bonchev–Trinajstić information content (AvgIpc) is 2.91. The van der Waals surface area contributed by atoms with Gasteiger partial charge in [-0.2, -0.15) is 0 Å². The monoisotopic (exact) mass is 565 g/mol. The van der Waals surface area contributed by atoms with Gasteiger partial charge in [0.15, 0.2) is 12.1 Å². The molecule has 2 heterocycles. The first-order chi connectivity index (χ1) is 18.9. The van der Waals surface area contributed by atoms with E-state index in [4.69, 9.17) is 14.2 Å². The SMILES string of the molecule is CC[C@H]1OC(=O)CC[C@H](C)[C@@H](OC2OC(C)CC(N(C)C)C2O)[C@@H](CC=O)C[C@@H](C)C(=O)/C=C/C(C)=C/[C@@H]1CO. The number of esters is 1. The number of hydrogen-bond acceptors (Lipinski definition) is 9. The number of ether oxygens (including phenoxy) is 3. The molecule has 1 saturated heterocycles. The molecule has 0 radical (unpaired) electrons. The van der Waals surface area contributed by atoms with E-state index in [1.54, 1.807) is 6.08 Å². The van der Waals surface area contributed by atoms with Crippen molar-refractivity contribution in [1.82, 2.24) is 4.90 Å². The van der Waals surface area contributed by atoms with Crippen LogP contribution in [0.5, 0.6) is 0 Å². The second-order valence-corrected chi connectivity index (χ2v) is 11.9. The molecule has 0 saturated carbocycles. The van der Waals surface area contributed by atoms with Crippen molar-refractivity contribution in [2.45, 2.75) is 110 Å². The normalized spacial score (nSPS) is 39.3. The maximum Gasteiger partial charge on any atom is 0.306 e. The molecule has 0 spiro atoms. The third-order valence-corrected chi connectivity index (χ3v) is 8.30. The van der Waals surface area contributed by atoms with E-state index in [2.05, 4.69) is 0 Å². The zero-order valence-corrected chi connectivity index (χ0v) is 25.3. The molecule has 0 aromatic rings. The average molecular weight is 566 g/mol. The summed E-state index contributed by atoms with van der Waals surface area (Å²) in [6.45, 7) is 9.29. The van der Waals surface area contributed by atoms with E-state index >= 15 is 0 Å². The van der Waals surface area contributed by atoms with Crippen molar-refractivity contribution >= 4 is 18.0 Å². The number of cyclic esters (lactones) is 1. The molecule has 0 aromatic carbocycles. The Hall–Kier alpha value is -1.91. The Kier molecular flexibility index (Phi) is 14.2. The fourth-order valence-corrected chi connectivity index (χ4v) is 5.84. The molecule has 0 aromatic heterocycles. The highest BCUT2D eigenvalue weighted by Gasteiger charge is 2.41. The lowest BCUT2D eigenvalue weighted by molar-refractivity contribution is -0.280. The highest BCUT2D eigenvalue weighted by Crippen LogP contribution is 2.34. The third kappa shape index (κ3) is 9.87. The van der Waals surface area contributed by atoms with Crippen molar-refractivity contribution in [3.05, 3.63) is 23.8 Å². The standard InChI is InChI=1S/C31H51NO8/c1-8-27-24(18-34)15-19(2)9-11-26(35)21(4)16-23(13-14-33)30(20(3)10-12-28(36)39-27)40-31-29(37)25(32(6)7)17-22(5)38-31/h9,11,14-15,20-25,27,29-31,34,37H,8,10,12-13,16-18H2,1-7H3/b11-9+,19-15+/t20-,21+,22?,23-,24+,25?,27+,29?,30+,31?/m0/s1. The highest BCUT2D eigenvalue weighted by molar-refractivity contribution is 5.91. The maximum absolute atomic E-state index is 13.1. The van der Waals surface area contributed by atoms with Gasteiger partial charge >= 0.3 is 5.97 Å². The molecule has 2 aliphatic rings. The minimum absolute atomic E-state index is 0.0728. The van der Waals surface area contributed by atoms with Crippen molar-refractivity contribution in [2.75, 3.05) is 20.7 Å². The molecule has 10 atom stereocenters. The van der Waals surface area contributed by atoms with E-state index < -0.39 is 24.6 Å². The minimum Gasteiger partial charge on any atom is -0.462 e. The van der Waals surface area contributed by atoms with Gasteiger partial charge in [0.05, 0.1) is 18.8 Å². The Bertz CT molecular complexity index is 887. The van der Waals surface area contributed by atoms with Crippen LogP contribution in [0.15, 0.2) is 23.8 Å². The van der Waals surface area contributed by atoms with Gasteiger partial charge in [-0.3, -0.25) is 9.59 Å². The predicted octanol–water partition coefficient (Wildman–Crippen LogP) is 3.46. The van der Waals surface area contributed by atoms with E-state index in [-0.39, 0.29) is 67.0 Å². The molecule has 0 aliphatic carbocycles.